The summed E-state index contributed by atoms with van der Waals surface area (Å²) in [7, 11) is 0. The molecule has 0 unspecified atom stereocenters. The Kier molecular flexibility index (Phi) is 4.36. The van der Waals surface area contributed by atoms with Gasteiger partial charge < -0.3 is 0 Å². The molecule has 0 aliphatic rings. The third-order valence-electron chi connectivity index (χ3n) is 2.20. The van der Waals surface area contributed by atoms with Gasteiger partial charge in [-0.2, -0.15) is 5.26 Å². The molecule has 0 aliphatic heterocycles. The molecule has 0 heterocycles. The molecule has 0 radical (unpaired) electrons. The van der Waals surface area contributed by atoms with Gasteiger partial charge >= 0.3 is 0 Å². The van der Waals surface area contributed by atoms with E-state index in [1.54, 1.807) is 18.3 Å². The number of benzene rings is 1. The van der Waals surface area contributed by atoms with Crippen LogP contribution in [0.1, 0.15) is 35.7 Å². The number of hydrogen-bond donors (Lipinski definition) is 1. The van der Waals surface area contributed by atoms with Crippen molar-refractivity contribution in [2.75, 3.05) is 0 Å². The van der Waals surface area contributed by atoms with E-state index in [0.717, 1.165) is 19.3 Å². The van der Waals surface area contributed by atoms with E-state index in [2.05, 4.69) is 12.2 Å². The Morgan fingerprint density at radius 1 is 1.40 bits per heavy atom. The third kappa shape index (κ3) is 3.43. The van der Waals surface area contributed by atoms with Crippen LogP contribution in [-0.4, -0.2) is 5.91 Å². The maximum Gasteiger partial charge on any atom is 0.264 e. The van der Waals surface area contributed by atoms with Crippen LogP contribution in [0, 0.1) is 11.5 Å². The maximum absolute atomic E-state index is 11.2. The Morgan fingerprint density at radius 2 is 2.07 bits per heavy atom. The predicted molar refractivity (Wildman–Crippen MR) is 58.1 cm³/mol. The Hall–Kier alpha value is -1.82. The van der Waals surface area contributed by atoms with Crippen molar-refractivity contribution in [2.45, 2.75) is 26.2 Å². The number of nitriles is 1. The van der Waals surface area contributed by atoms with Crippen LogP contribution in [0.15, 0.2) is 24.3 Å². The number of nitrogens with one attached hydrogen (secondary N) is 1. The summed E-state index contributed by atoms with van der Waals surface area (Å²) in [6.45, 7) is 2.15. The largest absolute Gasteiger partial charge is 0.268 e. The summed E-state index contributed by atoms with van der Waals surface area (Å²) in [5.41, 5.74) is 1.75. The number of amides is 1. The van der Waals surface area contributed by atoms with Crippen molar-refractivity contribution in [1.29, 1.82) is 5.26 Å². The lowest BCUT2D eigenvalue weighted by molar-refractivity contribution is 0.0973. The van der Waals surface area contributed by atoms with Gasteiger partial charge in [0.25, 0.3) is 5.91 Å². The van der Waals surface area contributed by atoms with Crippen molar-refractivity contribution in [3.05, 3.63) is 35.4 Å². The molecule has 0 aromatic heterocycles. The Bertz CT molecular complexity index is 362. The summed E-state index contributed by atoms with van der Waals surface area (Å²) in [5.74, 6) is -0.348. The fraction of sp³-hybridized carbons (Fsp3) is 0.333. The minimum absolute atomic E-state index is 0.348. The first-order chi connectivity index (χ1) is 7.27. The van der Waals surface area contributed by atoms with Crippen molar-refractivity contribution < 1.29 is 4.79 Å². The molecule has 1 N–H and O–H groups in total. The minimum atomic E-state index is -0.348. The first-order valence-corrected chi connectivity index (χ1v) is 5.06. The molecule has 15 heavy (non-hydrogen) atoms. The Balaban J connectivity index is 2.64. The zero-order valence-corrected chi connectivity index (χ0v) is 8.79. The molecule has 1 aromatic carbocycles. The van der Waals surface area contributed by atoms with E-state index in [9.17, 15) is 4.79 Å². The Morgan fingerprint density at radius 3 is 2.60 bits per heavy atom. The highest BCUT2D eigenvalue weighted by molar-refractivity contribution is 5.95. The van der Waals surface area contributed by atoms with Crippen molar-refractivity contribution in [1.82, 2.24) is 5.32 Å². The average molecular weight is 202 g/mol. The molecule has 1 aromatic rings. The number of carbonyl (C=O) groups excluding carboxylic acids is 1. The van der Waals surface area contributed by atoms with E-state index >= 15 is 0 Å². The monoisotopic (exact) mass is 202 g/mol. The summed E-state index contributed by atoms with van der Waals surface area (Å²) in [4.78, 5) is 11.2. The minimum Gasteiger partial charge on any atom is -0.268 e. The van der Waals surface area contributed by atoms with Gasteiger partial charge in [0.15, 0.2) is 6.19 Å². The zero-order chi connectivity index (χ0) is 11.1. The highest BCUT2D eigenvalue weighted by atomic mass is 16.1. The van der Waals surface area contributed by atoms with Gasteiger partial charge in [0.05, 0.1) is 0 Å². The van der Waals surface area contributed by atoms with Gasteiger partial charge in [-0.15, -0.1) is 0 Å². The first kappa shape index (κ1) is 11.3. The molecule has 0 saturated heterocycles. The lowest BCUT2D eigenvalue weighted by Crippen LogP contribution is -2.17. The van der Waals surface area contributed by atoms with Crippen LogP contribution in [0.5, 0.6) is 0 Å². The van der Waals surface area contributed by atoms with Crippen molar-refractivity contribution in [2.24, 2.45) is 0 Å². The predicted octanol–water partition coefficient (Wildman–Crippen LogP) is 2.24. The normalized spacial score (nSPS) is 9.33. The maximum atomic E-state index is 11.2. The topological polar surface area (TPSA) is 52.9 Å². The van der Waals surface area contributed by atoms with Crippen molar-refractivity contribution >= 4 is 5.91 Å². The van der Waals surface area contributed by atoms with Crippen LogP contribution in [-0.2, 0) is 6.42 Å². The third-order valence-corrected chi connectivity index (χ3v) is 2.20. The van der Waals surface area contributed by atoms with E-state index in [-0.39, 0.29) is 5.91 Å². The molecule has 0 spiro atoms. The van der Waals surface area contributed by atoms with Crippen LogP contribution in [0.3, 0.4) is 0 Å². The number of hydrogen-bond acceptors (Lipinski definition) is 2. The second-order valence-corrected chi connectivity index (χ2v) is 3.37. The second-order valence-electron chi connectivity index (χ2n) is 3.37. The molecule has 78 valence electrons. The quantitative estimate of drug-likeness (QED) is 0.601. The van der Waals surface area contributed by atoms with E-state index in [0.29, 0.717) is 5.56 Å². The van der Waals surface area contributed by atoms with Crippen LogP contribution in [0.4, 0.5) is 0 Å². The highest BCUT2D eigenvalue weighted by Crippen LogP contribution is 2.07. The molecule has 0 fully saturated rings. The lowest BCUT2D eigenvalue weighted by atomic mass is 10.1. The lowest BCUT2D eigenvalue weighted by Gasteiger charge is -2.01. The average Bonchev–Trinajstić information content (AvgIpc) is 2.27. The number of aryl methyl sites for hydroxylation is 1. The highest BCUT2D eigenvalue weighted by Gasteiger charge is 2.03. The van der Waals surface area contributed by atoms with Gasteiger partial charge in [-0.1, -0.05) is 25.5 Å². The second kappa shape index (κ2) is 5.82. The van der Waals surface area contributed by atoms with Gasteiger partial charge in [-0.25, -0.2) is 0 Å². The van der Waals surface area contributed by atoms with Crippen LogP contribution in [0.2, 0.25) is 0 Å². The number of carbonyl (C=O) groups is 1. The van der Waals surface area contributed by atoms with Gasteiger partial charge in [0, 0.05) is 5.56 Å². The molecule has 3 nitrogen and oxygen atoms in total. The van der Waals surface area contributed by atoms with Gasteiger partial charge in [0.2, 0.25) is 0 Å². The molecule has 0 atom stereocenters. The van der Waals surface area contributed by atoms with Crippen molar-refractivity contribution in [3.63, 3.8) is 0 Å². The fourth-order valence-electron chi connectivity index (χ4n) is 1.33. The zero-order valence-electron chi connectivity index (χ0n) is 8.79. The standard InChI is InChI=1S/C12H14N2O/c1-2-3-4-10-5-7-11(8-6-10)12(15)14-9-13/h5-8H,2-4H2,1H3,(H,14,15). The SMILES string of the molecule is CCCCc1ccc(C(=O)NC#N)cc1. The van der Waals surface area contributed by atoms with E-state index in [1.807, 2.05) is 12.1 Å². The summed E-state index contributed by atoms with van der Waals surface area (Å²) >= 11 is 0. The van der Waals surface area contributed by atoms with Crippen LogP contribution >= 0.6 is 0 Å². The molecule has 0 bridgehead atoms. The smallest absolute Gasteiger partial charge is 0.264 e. The van der Waals surface area contributed by atoms with Gasteiger partial charge in [-0.3, -0.25) is 10.1 Å². The Labute approximate surface area is 89.7 Å². The molecular weight excluding hydrogens is 188 g/mol. The summed E-state index contributed by atoms with van der Waals surface area (Å²) < 4.78 is 0. The first-order valence-electron chi connectivity index (χ1n) is 5.06. The van der Waals surface area contributed by atoms with E-state index in [1.165, 1.54) is 5.56 Å². The molecule has 1 amide bonds. The number of unbranched alkanes of at least 4 members (excludes halogenated alkanes) is 1. The van der Waals surface area contributed by atoms with Crippen LogP contribution in [0.25, 0.3) is 0 Å². The summed E-state index contributed by atoms with van der Waals surface area (Å²) in [6, 6.07) is 7.36. The fourth-order valence-corrected chi connectivity index (χ4v) is 1.33. The molecule has 3 heteroatoms. The van der Waals surface area contributed by atoms with E-state index in [4.69, 9.17) is 5.26 Å². The number of nitrogens with zero attached hydrogens (tertiary/aromatic N) is 1. The molecule has 0 saturated carbocycles. The van der Waals surface area contributed by atoms with E-state index < -0.39 is 0 Å². The summed E-state index contributed by atoms with van der Waals surface area (Å²) in [5, 5.41) is 10.4. The van der Waals surface area contributed by atoms with Crippen LogP contribution < -0.4 is 5.32 Å². The molecular formula is C12H14N2O. The van der Waals surface area contributed by atoms with Gasteiger partial charge in [0.1, 0.15) is 0 Å². The molecule has 1 rings (SSSR count). The molecule has 0 aliphatic carbocycles. The number of rotatable bonds is 4. The van der Waals surface area contributed by atoms with Crippen molar-refractivity contribution in [3.8, 4) is 6.19 Å². The van der Waals surface area contributed by atoms with Gasteiger partial charge in [-0.05, 0) is 30.5 Å². The summed E-state index contributed by atoms with van der Waals surface area (Å²) in [6.07, 6.45) is 4.97.